The Balaban J connectivity index is 1.92. The highest BCUT2D eigenvalue weighted by atomic mass is 32.2. The van der Waals surface area contributed by atoms with Crippen molar-refractivity contribution in [1.29, 1.82) is 0 Å². The van der Waals surface area contributed by atoms with E-state index in [4.69, 9.17) is 0 Å². The van der Waals surface area contributed by atoms with Crippen LogP contribution >= 0.6 is 0 Å². The van der Waals surface area contributed by atoms with Crippen molar-refractivity contribution in [2.24, 2.45) is 0 Å². The first kappa shape index (κ1) is 112. The molecule has 0 saturated carbocycles. The molecule has 5 aromatic rings. The first-order chi connectivity index (χ1) is 58.0. The van der Waals surface area contributed by atoms with E-state index in [1.807, 2.05) is 0 Å². The maximum atomic E-state index is 15.1. The van der Waals surface area contributed by atoms with E-state index >= 15 is 17.6 Å². The molecule has 0 N–H and O–H groups in total. The molecule has 0 saturated heterocycles. The van der Waals surface area contributed by atoms with Crippen LogP contribution < -0.4 is 0 Å². The Hall–Kier alpha value is -7.67. The summed E-state index contributed by atoms with van der Waals surface area (Å²) in [5, 5.41) is -7.90. The quantitative estimate of drug-likeness (QED) is 0.0195. The molecule has 72 heteroatoms. The van der Waals surface area contributed by atoms with Gasteiger partial charge in [0.15, 0.2) is 0 Å². The number of halogens is 48. The number of rotatable bonds is 44. The molecule has 0 aromatic heterocycles. The highest BCUT2D eigenvalue weighted by molar-refractivity contribution is 7.88. The summed E-state index contributed by atoms with van der Waals surface area (Å²) in [6, 6.07) is -6.25. The molecule has 0 heterocycles. The molecule has 0 amide bonds. The Labute approximate surface area is 693 Å². The normalized spacial score (nSPS) is 16.0. The zero-order valence-electron chi connectivity index (χ0n) is 60.2. The summed E-state index contributed by atoms with van der Waals surface area (Å²) in [5.74, 6) is -133. The zero-order valence-corrected chi connectivity index (χ0v) is 65.1. The summed E-state index contributed by atoms with van der Waals surface area (Å²) in [6.07, 6.45) is -36.9. The van der Waals surface area contributed by atoms with Crippen LogP contribution in [0.3, 0.4) is 0 Å². The predicted octanol–water partition coefficient (Wildman–Crippen LogP) is 19.1. The first-order valence-electron chi connectivity index (χ1n) is 31.8. The van der Waals surface area contributed by atoms with Crippen LogP contribution in [0.1, 0.15) is 16.7 Å². The first-order valence-corrected chi connectivity index (χ1v) is 40.2. The van der Waals surface area contributed by atoms with Gasteiger partial charge in [0.05, 0.1) is 24.5 Å². The molecule has 0 fully saturated rings. The van der Waals surface area contributed by atoms with Gasteiger partial charge in [-0.25, -0.2) is 52.7 Å². The number of benzene rings is 4. The molecule has 0 atom stereocenters. The average Bonchev–Trinajstić information content (AvgIpc) is 1.57. The lowest BCUT2D eigenvalue weighted by atomic mass is 10.0. The van der Waals surface area contributed by atoms with E-state index in [0.29, 0.717) is 0 Å². The highest BCUT2D eigenvalue weighted by Crippen LogP contribution is 2.58. The van der Waals surface area contributed by atoms with Crippen LogP contribution in [0.25, 0.3) is 44.3 Å². The van der Waals surface area contributed by atoms with Crippen LogP contribution in [0.4, 0.5) is 211 Å². The molecule has 0 bridgehead atoms. The fraction of sp³-hybridized carbons (Fsp3) is 0.508. The highest BCUT2D eigenvalue weighted by Gasteiger charge is 2.81. The molecule has 18 nitrogen and oxygen atoms in total. The molecule has 748 valence electrons. The summed E-state index contributed by atoms with van der Waals surface area (Å²) < 4.78 is 866. The molecule has 0 aliphatic heterocycles. The van der Waals surface area contributed by atoms with Gasteiger partial charge in [-0.15, -0.1) is 12.2 Å². The van der Waals surface area contributed by atoms with Crippen molar-refractivity contribution in [1.82, 2.24) is 0 Å². The zero-order chi connectivity index (χ0) is 102. The van der Waals surface area contributed by atoms with Gasteiger partial charge in [0.1, 0.15) is 44.5 Å². The van der Waals surface area contributed by atoms with Gasteiger partial charge in [-0.1, -0.05) is 63.5 Å². The molecule has 0 spiro atoms. The van der Waals surface area contributed by atoms with Crippen molar-refractivity contribution in [2.45, 2.75) is 175 Å². The smallest absolute Gasteiger partial charge is 0.260 e. The minimum Gasteiger partial charge on any atom is -0.260 e. The molecule has 5 aromatic carbocycles. The standard InChI is InChI=1S/C59H31F48O18S6/c60-36(61)48(84,85)54(96,97)42(72,73)14-120-126(108,109)20-4-6-26-28(8-20)24(30-10-22(128(112,113)122-16-44(76,77)56(100,101)50(88,89)38(64)65)12-32(34(26)30)130(116,117)124-18-46(80,81)58(104,105)52(92,93)40(68)69)2-1-3-25-29-9-21(127(110,111)121-15-43(74,75)55(98,99)49(86,87)37(62)63)5-7-27(29)35-31(25)11-23(129(114,115)123-17-45(78,79)57(102,103)51(90,91)39(66)67)13-33(35)131(118,119)125-19-47(82,83)59(106,107)53(94,95)41(70)71/h1-13,36-41H,14-19H2/q-1/b2-1?,25-3+. The van der Waals surface area contributed by atoms with Crippen molar-refractivity contribution in [3.8, 4) is 11.1 Å². The van der Waals surface area contributed by atoms with E-state index in [1.165, 1.54) is 0 Å². The van der Waals surface area contributed by atoms with Gasteiger partial charge in [-0.2, -0.15) is 209 Å². The molecule has 0 unspecified atom stereocenters. The van der Waals surface area contributed by atoms with Crippen molar-refractivity contribution in [3.63, 3.8) is 0 Å². The monoisotopic (exact) mass is 2130 g/mol. The molecule has 0 radical (unpaired) electrons. The molecular weight excluding hydrogens is 2100 g/mol. The molecule has 1 aliphatic carbocycles. The summed E-state index contributed by atoms with van der Waals surface area (Å²) >= 11 is 0. The topological polar surface area (TPSA) is 260 Å². The minimum absolute atomic E-state index is 0.339. The second-order valence-corrected chi connectivity index (χ2v) is 35.6. The Morgan fingerprint density at radius 3 is 0.802 bits per heavy atom. The Kier molecular flexibility index (Phi) is 29.8. The van der Waals surface area contributed by atoms with Crippen molar-refractivity contribution in [3.05, 3.63) is 89.5 Å². The van der Waals surface area contributed by atoms with E-state index in [0.717, 1.165) is 0 Å². The van der Waals surface area contributed by atoms with E-state index in [-0.39, 0.29) is 12.1 Å². The third-order valence-electron chi connectivity index (χ3n) is 17.3. The number of alkyl halides is 48. The molecule has 6 rings (SSSR count). The van der Waals surface area contributed by atoms with Crippen LogP contribution in [0.5, 0.6) is 0 Å². The maximum absolute atomic E-state index is 15.1. The number of hydrogen-bond acceptors (Lipinski definition) is 18. The van der Waals surface area contributed by atoms with Gasteiger partial charge in [0.25, 0.3) is 60.7 Å². The van der Waals surface area contributed by atoms with Gasteiger partial charge in [0.2, 0.25) is 0 Å². The lowest BCUT2D eigenvalue weighted by molar-refractivity contribution is -0.342. The number of hydrogen-bond donors (Lipinski definition) is 0. The average molecular weight is 2130 g/mol. The Morgan fingerprint density at radius 2 is 0.504 bits per heavy atom. The second kappa shape index (κ2) is 34.8. The summed E-state index contributed by atoms with van der Waals surface area (Å²) in [5.41, 5.74) is -11.9. The lowest BCUT2D eigenvalue weighted by Crippen LogP contribution is -2.59. The SMILES string of the molecule is O=S(=O)(OCC(F)(F)C(F)(F)C(F)(F)C(F)F)c1ccc2c(c1)/C(=C\C=C[c-]1c3cc(S(=O)(=O)OCC(F)(F)C(F)(F)C(F)(F)C(F)F)ccc3c3c(S(=O)(=O)OCC(F)(F)C(F)(F)C(F)(F)C(F)F)cc(S(=O)(=O)OCC(F)(F)C(F)(F)C(F)(F)C(F)F)cc31)c1cc(S(=O)(=O)OCC(F)(F)C(F)(F)C(F)(F)C(F)F)cc(S(=O)(=O)OCC(F)(F)C(F)(F)C(F)(F)C(F)F)c1-2. The van der Waals surface area contributed by atoms with E-state index in [9.17, 15) is 244 Å². The third kappa shape index (κ3) is 19.4. The van der Waals surface area contributed by atoms with Crippen LogP contribution in [0.2, 0.25) is 0 Å². The predicted molar refractivity (Wildman–Crippen MR) is 329 cm³/mol. The van der Waals surface area contributed by atoms with Gasteiger partial charge in [-0.3, -0.25) is 25.1 Å². The minimum atomic E-state index is -7.71. The van der Waals surface area contributed by atoms with Gasteiger partial charge >= 0.3 is 145 Å². The number of fused-ring (bicyclic) bond motifs is 6. The van der Waals surface area contributed by atoms with Crippen LogP contribution in [0.15, 0.2) is 102 Å². The van der Waals surface area contributed by atoms with Crippen LogP contribution in [-0.4, -0.2) is 235 Å². The molecule has 1 aliphatic rings. The lowest BCUT2D eigenvalue weighted by Gasteiger charge is -2.32. The van der Waals surface area contributed by atoms with E-state index < -0.39 is 397 Å². The molecular formula is C59H31F48O18S6-. The fourth-order valence-electron chi connectivity index (χ4n) is 10.1. The van der Waals surface area contributed by atoms with Gasteiger partial charge in [-0.05, 0) is 52.6 Å². The van der Waals surface area contributed by atoms with Gasteiger partial charge in [0, 0.05) is 5.56 Å². The second-order valence-electron chi connectivity index (χ2n) is 26.0. The molecule has 131 heavy (non-hydrogen) atoms. The van der Waals surface area contributed by atoms with E-state index in [2.05, 4.69) is 25.1 Å². The summed E-state index contributed by atoms with van der Waals surface area (Å²) in [6.45, 7) is -24.2. The Morgan fingerprint density at radius 1 is 0.267 bits per heavy atom. The van der Waals surface area contributed by atoms with Crippen molar-refractivity contribution in [2.75, 3.05) is 39.6 Å². The van der Waals surface area contributed by atoms with Crippen LogP contribution in [0, 0.1) is 0 Å². The van der Waals surface area contributed by atoms with Crippen LogP contribution in [-0.2, 0) is 85.8 Å². The number of allylic oxidation sites excluding steroid dienone is 2. The maximum Gasteiger partial charge on any atom is 0.380 e. The largest absolute Gasteiger partial charge is 0.380 e. The third-order valence-corrected chi connectivity index (χ3v) is 24.9. The van der Waals surface area contributed by atoms with E-state index in [1.54, 1.807) is 0 Å². The summed E-state index contributed by atoms with van der Waals surface area (Å²) in [7, 11) is -43.6. The fourth-order valence-corrected chi connectivity index (χ4v) is 16.4. The summed E-state index contributed by atoms with van der Waals surface area (Å²) in [4.78, 5) is -15.9. The van der Waals surface area contributed by atoms with Gasteiger partial charge < -0.3 is 0 Å². The van der Waals surface area contributed by atoms with Crippen molar-refractivity contribution < 1.29 is 286 Å². The van der Waals surface area contributed by atoms with Crippen molar-refractivity contribution >= 4 is 93.9 Å². The Bertz CT molecular complexity index is 5960.